The van der Waals surface area contributed by atoms with E-state index >= 15 is 0 Å². The second kappa shape index (κ2) is 7.99. The second-order valence-electron chi connectivity index (χ2n) is 6.29. The van der Waals surface area contributed by atoms with Gasteiger partial charge in [-0.15, -0.1) is 0 Å². The SMILES string of the molecule is COc1cccc(C(=O)N2CCC(C(=O)Nc3ccc(F)cc3)CC2)c1. The van der Waals surface area contributed by atoms with Gasteiger partial charge in [-0.25, -0.2) is 4.39 Å². The molecular formula is C20H21FN2O3. The number of rotatable bonds is 4. The molecule has 6 heteroatoms. The Balaban J connectivity index is 1.55. The van der Waals surface area contributed by atoms with Crippen LogP contribution in [-0.4, -0.2) is 36.9 Å². The molecule has 0 atom stereocenters. The monoisotopic (exact) mass is 356 g/mol. The summed E-state index contributed by atoms with van der Waals surface area (Å²) in [6, 6.07) is 12.8. The maximum Gasteiger partial charge on any atom is 0.253 e. The molecule has 1 aliphatic rings. The summed E-state index contributed by atoms with van der Waals surface area (Å²) < 4.78 is 18.1. The maximum atomic E-state index is 12.9. The van der Waals surface area contributed by atoms with Gasteiger partial charge in [0.1, 0.15) is 11.6 Å². The van der Waals surface area contributed by atoms with Crippen LogP contribution >= 0.6 is 0 Å². The zero-order valence-corrected chi connectivity index (χ0v) is 14.6. The number of nitrogens with zero attached hydrogens (tertiary/aromatic N) is 1. The van der Waals surface area contributed by atoms with Crippen molar-refractivity contribution in [2.24, 2.45) is 5.92 Å². The number of nitrogens with one attached hydrogen (secondary N) is 1. The van der Waals surface area contributed by atoms with Gasteiger partial charge in [0.15, 0.2) is 0 Å². The van der Waals surface area contributed by atoms with Gasteiger partial charge >= 0.3 is 0 Å². The summed E-state index contributed by atoms with van der Waals surface area (Å²) in [7, 11) is 1.56. The van der Waals surface area contributed by atoms with Crippen LogP contribution in [0.5, 0.6) is 5.75 Å². The summed E-state index contributed by atoms with van der Waals surface area (Å²) in [6.07, 6.45) is 1.20. The molecule has 0 saturated carbocycles. The minimum atomic E-state index is -0.340. The van der Waals surface area contributed by atoms with Crippen LogP contribution in [0.2, 0.25) is 0 Å². The summed E-state index contributed by atoms with van der Waals surface area (Å²) in [5.41, 5.74) is 1.16. The van der Waals surface area contributed by atoms with E-state index in [1.165, 1.54) is 24.3 Å². The summed E-state index contributed by atoms with van der Waals surface area (Å²) in [5.74, 6) is -0.00225. The molecule has 0 bridgehead atoms. The molecule has 2 aromatic carbocycles. The van der Waals surface area contributed by atoms with Gasteiger partial charge in [0.05, 0.1) is 7.11 Å². The minimum absolute atomic E-state index is 0.0544. The first kappa shape index (κ1) is 17.9. The van der Waals surface area contributed by atoms with Gasteiger partial charge < -0.3 is 15.0 Å². The molecule has 1 saturated heterocycles. The molecule has 0 unspecified atom stereocenters. The molecule has 5 nitrogen and oxygen atoms in total. The van der Waals surface area contributed by atoms with Crippen molar-refractivity contribution in [1.82, 2.24) is 4.90 Å². The van der Waals surface area contributed by atoms with Crippen molar-refractivity contribution < 1.29 is 18.7 Å². The van der Waals surface area contributed by atoms with Gasteiger partial charge in [0, 0.05) is 30.3 Å². The van der Waals surface area contributed by atoms with Gasteiger partial charge in [0.2, 0.25) is 5.91 Å². The van der Waals surface area contributed by atoms with E-state index < -0.39 is 0 Å². The van der Waals surface area contributed by atoms with Crippen molar-refractivity contribution in [3.05, 3.63) is 59.9 Å². The van der Waals surface area contributed by atoms with Crippen LogP contribution in [0.15, 0.2) is 48.5 Å². The van der Waals surface area contributed by atoms with Crippen LogP contribution in [0, 0.1) is 11.7 Å². The molecule has 136 valence electrons. The zero-order valence-electron chi connectivity index (χ0n) is 14.6. The van der Waals surface area contributed by atoms with Crippen LogP contribution < -0.4 is 10.1 Å². The topological polar surface area (TPSA) is 58.6 Å². The summed E-state index contributed by atoms with van der Waals surface area (Å²) in [6.45, 7) is 1.05. The molecule has 3 rings (SSSR count). The summed E-state index contributed by atoms with van der Waals surface area (Å²) in [4.78, 5) is 26.7. The lowest BCUT2D eigenvalue weighted by atomic mass is 9.95. The predicted molar refractivity (Wildman–Crippen MR) is 96.7 cm³/mol. The van der Waals surface area contributed by atoms with E-state index in [2.05, 4.69) is 5.32 Å². The van der Waals surface area contributed by atoms with Crippen molar-refractivity contribution in [3.63, 3.8) is 0 Å². The molecule has 0 aromatic heterocycles. The molecule has 26 heavy (non-hydrogen) atoms. The highest BCUT2D eigenvalue weighted by Crippen LogP contribution is 2.22. The standard InChI is InChI=1S/C20H21FN2O3/c1-26-18-4-2-3-15(13-18)20(25)23-11-9-14(10-12-23)19(24)22-17-7-5-16(21)6-8-17/h2-8,13-14H,9-12H2,1H3,(H,22,24). The first-order chi connectivity index (χ1) is 12.6. The molecule has 1 aliphatic heterocycles. The molecule has 1 fully saturated rings. The van der Waals surface area contributed by atoms with Crippen molar-refractivity contribution in [3.8, 4) is 5.75 Å². The fourth-order valence-corrected chi connectivity index (χ4v) is 3.06. The van der Waals surface area contributed by atoms with Gasteiger partial charge in [0.25, 0.3) is 5.91 Å². The fraction of sp³-hybridized carbons (Fsp3) is 0.300. The Bertz CT molecular complexity index is 784. The number of hydrogen-bond donors (Lipinski definition) is 1. The van der Waals surface area contributed by atoms with E-state index in [0.29, 0.717) is 42.9 Å². The highest BCUT2D eigenvalue weighted by atomic mass is 19.1. The van der Waals surface area contributed by atoms with E-state index in [9.17, 15) is 14.0 Å². The lowest BCUT2D eigenvalue weighted by Crippen LogP contribution is -2.41. The first-order valence-corrected chi connectivity index (χ1v) is 8.56. The highest BCUT2D eigenvalue weighted by molar-refractivity contribution is 5.95. The van der Waals surface area contributed by atoms with Crippen molar-refractivity contribution >= 4 is 17.5 Å². The number of piperidine rings is 1. The van der Waals surface area contributed by atoms with Crippen LogP contribution in [0.4, 0.5) is 10.1 Å². The first-order valence-electron chi connectivity index (χ1n) is 8.56. The van der Waals surface area contributed by atoms with Crippen molar-refractivity contribution in [2.75, 3.05) is 25.5 Å². The summed E-state index contributed by atoms with van der Waals surface area (Å²) >= 11 is 0. The highest BCUT2D eigenvalue weighted by Gasteiger charge is 2.28. The van der Waals surface area contributed by atoms with E-state index in [4.69, 9.17) is 4.74 Å². The Labute approximate surface area is 151 Å². The number of ether oxygens (including phenoxy) is 1. The molecule has 2 aromatic rings. The second-order valence-corrected chi connectivity index (χ2v) is 6.29. The number of carbonyl (C=O) groups is 2. The Morgan fingerprint density at radius 3 is 2.46 bits per heavy atom. The van der Waals surface area contributed by atoms with Crippen LogP contribution in [0.1, 0.15) is 23.2 Å². The Kier molecular flexibility index (Phi) is 5.51. The van der Waals surface area contributed by atoms with E-state index in [0.717, 1.165) is 0 Å². The number of likely N-dealkylation sites (tertiary alicyclic amines) is 1. The van der Waals surface area contributed by atoms with Crippen molar-refractivity contribution in [2.45, 2.75) is 12.8 Å². The lowest BCUT2D eigenvalue weighted by Gasteiger charge is -2.31. The summed E-state index contributed by atoms with van der Waals surface area (Å²) in [5, 5.41) is 2.80. The number of halogens is 1. The molecule has 0 aliphatic carbocycles. The Morgan fingerprint density at radius 1 is 1.12 bits per heavy atom. The van der Waals surface area contributed by atoms with Gasteiger partial charge in [-0.3, -0.25) is 9.59 Å². The lowest BCUT2D eigenvalue weighted by molar-refractivity contribution is -0.121. The molecule has 0 spiro atoms. The molecule has 1 heterocycles. The minimum Gasteiger partial charge on any atom is -0.497 e. The largest absolute Gasteiger partial charge is 0.497 e. The average Bonchev–Trinajstić information content (AvgIpc) is 2.69. The van der Waals surface area contributed by atoms with Crippen LogP contribution in [0.25, 0.3) is 0 Å². The molecular weight excluding hydrogens is 335 g/mol. The fourth-order valence-electron chi connectivity index (χ4n) is 3.06. The van der Waals surface area contributed by atoms with Gasteiger partial charge in [-0.05, 0) is 55.3 Å². The number of anilines is 1. The van der Waals surface area contributed by atoms with Crippen LogP contribution in [0.3, 0.4) is 0 Å². The van der Waals surface area contributed by atoms with E-state index in [1.54, 1.807) is 36.3 Å². The number of methoxy groups -OCH3 is 1. The van der Waals surface area contributed by atoms with Crippen LogP contribution in [-0.2, 0) is 4.79 Å². The van der Waals surface area contributed by atoms with E-state index in [-0.39, 0.29) is 23.5 Å². The molecule has 0 radical (unpaired) electrons. The number of amides is 2. The molecule has 1 N–H and O–H groups in total. The quantitative estimate of drug-likeness (QED) is 0.914. The third kappa shape index (κ3) is 4.20. The Morgan fingerprint density at radius 2 is 1.81 bits per heavy atom. The third-order valence-electron chi connectivity index (χ3n) is 4.58. The maximum absolute atomic E-state index is 12.9. The van der Waals surface area contributed by atoms with E-state index in [1.807, 2.05) is 0 Å². The molecule has 2 amide bonds. The van der Waals surface area contributed by atoms with Gasteiger partial charge in [-0.1, -0.05) is 6.07 Å². The smallest absolute Gasteiger partial charge is 0.253 e. The predicted octanol–water partition coefficient (Wildman–Crippen LogP) is 3.33. The van der Waals surface area contributed by atoms with Crippen molar-refractivity contribution in [1.29, 1.82) is 0 Å². The van der Waals surface area contributed by atoms with Gasteiger partial charge in [-0.2, -0.15) is 0 Å². The average molecular weight is 356 g/mol. The normalized spacial score (nSPS) is 14.8. The number of hydrogen-bond acceptors (Lipinski definition) is 3. The zero-order chi connectivity index (χ0) is 18.5. The third-order valence-corrected chi connectivity index (χ3v) is 4.58. The number of benzene rings is 2. The Hall–Kier alpha value is -2.89. The number of carbonyl (C=O) groups excluding carboxylic acids is 2.